The van der Waals surface area contributed by atoms with Crippen molar-refractivity contribution >= 4 is 23.5 Å². The van der Waals surface area contributed by atoms with Crippen molar-refractivity contribution in [1.29, 1.82) is 0 Å². The van der Waals surface area contributed by atoms with Crippen molar-refractivity contribution in [1.82, 2.24) is 16.0 Å². The second-order valence-electron chi connectivity index (χ2n) is 7.23. The van der Waals surface area contributed by atoms with Gasteiger partial charge in [0.2, 0.25) is 17.7 Å². The van der Waals surface area contributed by atoms with Gasteiger partial charge in [-0.3, -0.25) is 19.2 Å². The minimum atomic E-state index is -0.834. The molecule has 1 unspecified atom stereocenters. The van der Waals surface area contributed by atoms with Crippen molar-refractivity contribution in [2.75, 3.05) is 6.61 Å². The number of hydrogen-bond acceptors (Lipinski definition) is 5. The highest BCUT2D eigenvalue weighted by molar-refractivity contribution is 5.97. The van der Waals surface area contributed by atoms with Gasteiger partial charge in [0.1, 0.15) is 17.7 Å². The van der Waals surface area contributed by atoms with Gasteiger partial charge in [-0.15, -0.1) is 0 Å². The van der Waals surface area contributed by atoms with E-state index in [-0.39, 0.29) is 17.6 Å². The normalized spacial score (nSPS) is 22.5. The summed E-state index contributed by atoms with van der Waals surface area (Å²) in [5.74, 6) is -1.21. The standard InChI is InChI=1S/C17H29N3O5/c1-9(2)7-13(20-12(5)21)16(24)19-11(4)15(23)18-10(3)14(22)17(6)8-25-17/h9-11,13H,7-8H2,1-6H3,(H,18,23)(H,19,24)(H,20,21)/t10-,11-,13+,17?/m0/s1. The third-order valence-electron chi connectivity index (χ3n) is 4.00. The number of carbonyl (C=O) groups is 4. The van der Waals surface area contributed by atoms with Crippen molar-refractivity contribution in [3.63, 3.8) is 0 Å². The van der Waals surface area contributed by atoms with Crippen LogP contribution in [0.1, 0.15) is 48.0 Å². The highest BCUT2D eigenvalue weighted by Crippen LogP contribution is 2.28. The molecule has 0 saturated carbocycles. The van der Waals surface area contributed by atoms with Gasteiger partial charge in [0.05, 0.1) is 12.6 Å². The summed E-state index contributed by atoms with van der Waals surface area (Å²) in [6.07, 6.45) is 0.463. The van der Waals surface area contributed by atoms with E-state index in [2.05, 4.69) is 16.0 Å². The maximum atomic E-state index is 12.3. The van der Waals surface area contributed by atoms with Crippen molar-refractivity contribution < 1.29 is 23.9 Å². The van der Waals surface area contributed by atoms with Gasteiger partial charge in [0.15, 0.2) is 5.78 Å². The lowest BCUT2D eigenvalue weighted by atomic mass is 10.0. The van der Waals surface area contributed by atoms with E-state index < -0.39 is 35.5 Å². The smallest absolute Gasteiger partial charge is 0.243 e. The van der Waals surface area contributed by atoms with Crippen molar-refractivity contribution in [2.24, 2.45) is 5.92 Å². The summed E-state index contributed by atoms with van der Waals surface area (Å²) in [5, 5.41) is 7.75. The lowest BCUT2D eigenvalue weighted by Crippen LogP contribution is -2.55. The molecule has 0 bridgehead atoms. The zero-order chi connectivity index (χ0) is 19.4. The largest absolute Gasteiger partial charge is 0.361 e. The highest BCUT2D eigenvalue weighted by Gasteiger charge is 2.49. The molecule has 0 aromatic carbocycles. The molecular formula is C17H29N3O5. The van der Waals surface area contributed by atoms with E-state index in [0.717, 1.165) is 0 Å². The number of epoxide rings is 1. The Morgan fingerprint density at radius 1 is 0.960 bits per heavy atom. The van der Waals surface area contributed by atoms with Crippen LogP contribution in [0.2, 0.25) is 0 Å². The van der Waals surface area contributed by atoms with Crippen LogP contribution in [-0.2, 0) is 23.9 Å². The SMILES string of the molecule is CC(=O)N[C@H](CC(C)C)C(=O)N[C@@H](C)C(=O)N[C@@H](C)C(=O)C1(C)CO1. The number of carbonyl (C=O) groups excluding carboxylic acids is 4. The second-order valence-corrected chi connectivity index (χ2v) is 7.23. The first-order valence-electron chi connectivity index (χ1n) is 8.52. The van der Waals surface area contributed by atoms with Crippen molar-refractivity contribution in [2.45, 2.75) is 71.7 Å². The molecule has 1 rings (SSSR count). The van der Waals surface area contributed by atoms with Crippen LogP contribution in [0.4, 0.5) is 0 Å². The lowest BCUT2D eigenvalue weighted by molar-refractivity contribution is -0.133. The fourth-order valence-corrected chi connectivity index (χ4v) is 2.44. The quantitative estimate of drug-likeness (QED) is 0.500. The molecule has 1 heterocycles. The number of rotatable bonds is 9. The maximum absolute atomic E-state index is 12.3. The molecule has 4 atom stereocenters. The molecule has 25 heavy (non-hydrogen) atoms. The third-order valence-corrected chi connectivity index (χ3v) is 4.00. The summed E-state index contributed by atoms with van der Waals surface area (Å²) < 4.78 is 5.08. The van der Waals surface area contributed by atoms with E-state index in [9.17, 15) is 19.2 Å². The molecule has 8 heteroatoms. The molecule has 3 amide bonds. The Hall–Kier alpha value is -1.96. The summed E-state index contributed by atoms with van der Waals surface area (Å²) in [5.41, 5.74) is -0.813. The average molecular weight is 355 g/mol. The molecule has 3 N–H and O–H groups in total. The van der Waals surface area contributed by atoms with Crippen molar-refractivity contribution in [3.8, 4) is 0 Å². The van der Waals surface area contributed by atoms with Crippen LogP contribution in [0, 0.1) is 5.92 Å². The molecule has 0 aromatic rings. The maximum Gasteiger partial charge on any atom is 0.243 e. The average Bonchev–Trinajstić information content (AvgIpc) is 3.23. The summed E-state index contributed by atoms with van der Waals surface area (Å²) in [6, 6.07) is -2.24. The molecule has 0 radical (unpaired) electrons. The van der Waals surface area contributed by atoms with Crippen LogP contribution in [0.25, 0.3) is 0 Å². The fourth-order valence-electron chi connectivity index (χ4n) is 2.44. The Morgan fingerprint density at radius 3 is 1.92 bits per heavy atom. The molecule has 0 aromatic heterocycles. The molecule has 1 fully saturated rings. The first-order valence-corrected chi connectivity index (χ1v) is 8.52. The predicted octanol–water partition coefficient (Wildman–Crippen LogP) is -0.0954. The summed E-state index contributed by atoms with van der Waals surface area (Å²) in [7, 11) is 0. The van der Waals surface area contributed by atoms with Crippen LogP contribution >= 0.6 is 0 Å². The second kappa shape index (κ2) is 8.42. The fraction of sp³-hybridized carbons (Fsp3) is 0.765. The van der Waals surface area contributed by atoms with Crippen LogP contribution in [0.5, 0.6) is 0 Å². The number of amides is 3. The molecule has 1 saturated heterocycles. The Bertz CT molecular complexity index is 542. The van der Waals surface area contributed by atoms with Gasteiger partial charge in [-0.25, -0.2) is 0 Å². The van der Waals surface area contributed by atoms with Gasteiger partial charge < -0.3 is 20.7 Å². The summed E-state index contributed by atoms with van der Waals surface area (Å²) in [4.78, 5) is 47.9. The van der Waals surface area contributed by atoms with Crippen LogP contribution in [0.15, 0.2) is 0 Å². The Kier molecular flexibility index (Phi) is 7.10. The number of Topliss-reactive ketones (excluding diaryl/α,β-unsaturated/α-hetero) is 1. The van der Waals surface area contributed by atoms with E-state index in [4.69, 9.17) is 4.74 Å². The van der Waals surface area contributed by atoms with Gasteiger partial charge in [0, 0.05) is 6.92 Å². The first kappa shape index (κ1) is 21.1. The van der Waals surface area contributed by atoms with Crippen LogP contribution < -0.4 is 16.0 Å². The monoisotopic (exact) mass is 355 g/mol. The van der Waals surface area contributed by atoms with Gasteiger partial charge in [0.25, 0.3) is 0 Å². The molecular weight excluding hydrogens is 326 g/mol. The van der Waals surface area contributed by atoms with Gasteiger partial charge in [-0.2, -0.15) is 0 Å². The molecule has 1 aliphatic heterocycles. The molecule has 142 valence electrons. The Morgan fingerprint density at radius 2 is 1.48 bits per heavy atom. The lowest BCUT2D eigenvalue weighted by Gasteiger charge is -2.23. The van der Waals surface area contributed by atoms with Crippen LogP contribution in [-0.4, -0.2) is 53.8 Å². The van der Waals surface area contributed by atoms with E-state index in [1.165, 1.54) is 13.8 Å². The van der Waals surface area contributed by atoms with E-state index >= 15 is 0 Å². The number of ether oxygens (including phenoxy) is 1. The molecule has 8 nitrogen and oxygen atoms in total. The number of ketones is 1. The third kappa shape index (κ3) is 6.45. The highest BCUT2D eigenvalue weighted by atomic mass is 16.6. The number of hydrogen-bond donors (Lipinski definition) is 3. The Labute approximate surface area is 148 Å². The van der Waals surface area contributed by atoms with Crippen LogP contribution in [0.3, 0.4) is 0 Å². The summed E-state index contributed by atoms with van der Waals surface area (Å²) >= 11 is 0. The Balaban J connectivity index is 2.57. The van der Waals surface area contributed by atoms with Gasteiger partial charge in [-0.1, -0.05) is 13.8 Å². The minimum absolute atomic E-state index is 0.198. The first-order chi connectivity index (χ1) is 11.5. The molecule has 0 spiro atoms. The molecule has 1 aliphatic rings. The number of nitrogens with one attached hydrogen (secondary N) is 3. The minimum Gasteiger partial charge on any atom is -0.361 e. The summed E-state index contributed by atoms with van der Waals surface area (Å²) in [6.45, 7) is 10.3. The van der Waals surface area contributed by atoms with Gasteiger partial charge >= 0.3 is 0 Å². The van der Waals surface area contributed by atoms with Crippen molar-refractivity contribution in [3.05, 3.63) is 0 Å². The van der Waals surface area contributed by atoms with E-state index in [1.807, 2.05) is 13.8 Å². The molecule has 0 aliphatic carbocycles. The zero-order valence-electron chi connectivity index (χ0n) is 15.8. The topological polar surface area (TPSA) is 117 Å². The predicted molar refractivity (Wildman–Crippen MR) is 91.6 cm³/mol. The van der Waals surface area contributed by atoms with E-state index in [0.29, 0.717) is 13.0 Å². The van der Waals surface area contributed by atoms with E-state index in [1.54, 1.807) is 13.8 Å². The zero-order valence-corrected chi connectivity index (χ0v) is 15.8. The van der Waals surface area contributed by atoms with Gasteiger partial charge in [-0.05, 0) is 33.1 Å².